The highest BCUT2D eigenvalue weighted by molar-refractivity contribution is 6.30. The van der Waals surface area contributed by atoms with Gasteiger partial charge in [0.25, 0.3) is 0 Å². The number of hydrogen-bond donors (Lipinski definition) is 1. The highest BCUT2D eigenvalue weighted by atomic mass is 35.5. The van der Waals surface area contributed by atoms with Crippen LogP contribution in [0.1, 0.15) is 22.4 Å². The van der Waals surface area contributed by atoms with Gasteiger partial charge in [-0.3, -0.25) is 4.79 Å². The Bertz CT molecular complexity index is 1370. The second-order valence-electron chi connectivity index (χ2n) is 6.96. The largest absolute Gasteiger partial charge is 0.505 e. The highest BCUT2D eigenvalue weighted by Gasteiger charge is 2.11. The molecule has 0 aliphatic rings. The smallest absolute Gasteiger partial charge is 0.203 e. The number of nitriles is 1. The van der Waals surface area contributed by atoms with Gasteiger partial charge in [-0.1, -0.05) is 23.7 Å². The van der Waals surface area contributed by atoms with E-state index in [1.54, 1.807) is 24.4 Å². The molecular weight excluding hydrogens is 414 g/mol. The molecule has 4 aromatic rings. The Morgan fingerprint density at radius 1 is 1.13 bits per heavy atom. The molecule has 0 fully saturated rings. The lowest BCUT2D eigenvalue weighted by Gasteiger charge is -2.11. The maximum absolute atomic E-state index is 12.5. The molecule has 2 aromatic heterocycles. The van der Waals surface area contributed by atoms with E-state index in [9.17, 15) is 15.2 Å². The summed E-state index contributed by atoms with van der Waals surface area (Å²) in [5.41, 5.74) is 3.83. The zero-order valence-corrected chi connectivity index (χ0v) is 17.2. The second-order valence-corrected chi connectivity index (χ2v) is 7.40. The fraction of sp³-hybridized carbons (Fsp3) is 0.0870. The number of hydrogen-bond acceptors (Lipinski definition) is 6. The van der Waals surface area contributed by atoms with Crippen molar-refractivity contribution in [3.8, 4) is 28.9 Å². The van der Waals surface area contributed by atoms with Gasteiger partial charge in [0, 0.05) is 29.3 Å². The molecule has 152 valence electrons. The molecule has 0 radical (unpaired) electrons. The molecule has 0 saturated heterocycles. The number of nitrogens with zero attached hydrogens (tertiary/aromatic N) is 5. The molecule has 31 heavy (non-hydrogen) atoms. The van der Waals surface area contributed by atoms with Crippen molar-refractivity contribution in [2.24, 2.45) is 0 Å². The molecule has 7 nitrogen and oxygen atoms in total. The summed E-state index contributed by atoms with van der Waals surface area (Å²) in [7, 11) is 0. The van der Waals surface area contributed by atoms with E-state index in [1.165, 1.54) is 23.1 Å². The van der Waals surface area contributed by atoms with Crippen LogP contribution in [-0.4, -0.2) is 24.9 Å². The zero-order valence-electron chi connectivity index (χ0n) is 16.5. The van der Waals surface area contributed by atoms with Crippen molar-refractivity contribution < 1.29 is 5.11 Å². The van der Waals surface area contributed by atoms with Crippen molar-refractivity contribution in [1.82, 2.24) is 19.7 Å². The minimum absolute atomic E-state index is 0.00862. The van der Waals surface area contributed by atoms with Gasteiger partial charge in [-0.15, -0.1) is 0 Å². The Kier molecular flexibility index (Phi) is 5.48. The number of halogens is 1. The van der Waals surface area contributed by atoms with Gasteiger partial charge in [0.05, 0.1) is 29.7 Å². The Hall–Kier alpha value is -4.02. The average molecular weight is 430 g/mol. The summed E-state index contributed by atoms with van der Waals surface area (Å²) in [5.74, 6) is 0.464. The molecule has 0 aliphatic heterocycles. The van der Waals surface area contributed by atoms with Crippen LogP contribution in [0.5, 0.6) is 5.75 Å². The quantitative estimate of drug-likeness (QED) is 0.528. The van der Waals surface area contributed by atoms with Crippen molar-refractivity contribution >= 4 is 11.6 Å². The fourth-order valence-corrected chi connectivity index (χ4v) is 3.37. The molecule has 0 saturated carbocycles. The number of benzene rings is 2. The Morgan fingerprint density at radius 3 is 2.65 bits per heavy atom. The van der Waals surface area contributed by atoms with Gasteiger partial charge in [-0.05, 0) is 42.3 Å². The lowest BCUT2D eigenvalue weighted by atomic mass is 10.00. The number of aromatic hydroxyl groups is 1. The molecule has 0 bridgehead atoms. The first-order valence-electron chi connectivity index (χ1n) is 9.34. The molecule has 8 heteroatoms. The normalized spacial score (nSPS) is 10.6. The third kappa shape index (κ3) is 4.44. The van der Waals surface area contributed by atoms with E-state index in [4.69, 9.17) is 11.6 Å². The number of aryl methyl sites for hydroxylation is 1. The van der Waals surface area contributed by atoms with Gasteiger partial charge < -0.3 is 5.11 Å². The molecule has 1 N–H and O–H groups in total. The molecule has 4 rings (SSSR count). The average Bonchev–Trinajstić information content (AvgIpc) is 2.77. The summed E-state index contributed by atoms with van der Waals surface area (Å²) in [5, 5.41) is 23.5. The highest BCUT2D eigenvalue weighted by Crippen LogP contribution is 2.22. The van der Waals surface area contributed by atoms with Crippen LogP contribution in [0.4, 0.5) is 0 Å². The van der Waals surface area contributed by atoms with E-state index in [2.05, 4.69) is 21.1 Å². The molecule has 0 unspecified atom stereocenters. The summed E-state index contributed by atoms with van der Waals surface area (Å²) in [4.78, 5) is 20.8. The van der Waals surface area contributed by atoms with Crippen molar-refractivity contribution in [1.29, 1.82) is 5.26 Å². The summed E-state index contributed by atoms with van der Waals surface area (Å²) < 4.78 is 1.53. The predicted molar refractivity (Wildman–Crippen MR) is 116 cm³/mol. The molecule has 2 heterocycles. The molecule has 0 amide bonds. The predicted octanol–water partition coefficient (Wildman–Crippen LogP) is 3.82. The Morgan fingerprint density at radius 2 is 1.90 bits per heavy atom. The maximum atomic E-state index is 12.5. The SMILES string of the molecule is Cc1ccc(-c2ncc(O)cn2)cc1Cc1nn(-c2cc(Cl)cc(C#N)c2)ccc1=O. The first-order chi connectivity index (χ1) is 14.9. The van der Waals surface area contributed by atoms with E-state index in [-0.39, 0.29) is 11.2 Å². The monoisotopic (exact) mass is 429 g/mol. The zero-order chi connectivity index (χ0) is 22.0. The molecule has 0 spiro atoms. The first-order valence-corrected chi connectivity index (χ1v) is 9.71. The summed E-state index contributed by atoms with van der Waals surface area (Å²) >= 11 is 6.10. The van der Waals surface area contributed by atoms with Crippen LogP contribution >= 0.6 is 11.6 Å². The standard InChI is InChI=1S/C23H16ClN5O2/c1-14-2-3-16(23-26-12-20(30)13-27-23)8-17(14)9-21-22(31)4-5-29(28-21)19-7-15(11-25)6-18(24)10-19/h2-8,10,12-13,30H,9H2,1H3. The van der Waals surface area contributed by atoms with E-state index in [0.717, 1.165) is 16.7 Å². The molecule has 0 atom stereocenters. The Balaban J connectivity index is 1.72. The fourth-order valence-electron chi connectivity index (χ4n) is 3.14. The van der Waals surface area contributed by atoms with Gasteiger partial charge in [0.15, 0.2) is 11.6 Å². The van der Waals surface area contributed by atoms with Crippen LogP contribution in [-0.2, 0) is 6.42 Å². The molecular formula is C23H16ClN5O2. The van der Waals surface area contributed by atoms with Crippen molar-refractivity contribution in [3.63, 3.8) is 0 Å². The van der Waals surface area contributed by atoms with E-state index in [0.29, 0.717) is 34.2 Å². The molecule has 2 aromatic carbocycles. The van der Waals surface area contributed by atoms with Crippen LogP contribution in [0, 0.1) is 18.3 Å². The Labute approximate surface area is 182 Å². The summed E-state index contributed by atoms with van der Waals surface area (Å²) in [6.45, 7) is 1.95. The van der Waals surface area contributed by atoms with E-state index < -0.39 is 0 Å². The minimum atomic E-state index is -0.190. The first kappa shape index (κ1) is 20.3. The van der Waals surface area contributed by atoms with Crippen LogP contribution < -0.4 is 5.43 Å². The van der Waals surface area contributed by atoms with Crippen LogP contribution in [0.15, 0.2) is 65.8 Å². The third-order valence-corrected chi connectivity index (χ3v) is 4.98. The van der Waals surface area contributed by atoms with Crippen LogP contribution in [0.3, 0.4) is 0 Å². The van der Waals surface area contributed by atoms with Crippen LogP contribution in [0.25, 0.3) is 17.1 Å². The van der Waals surface area contributed by atoms with Gasteiger partial charge >= 0.3 is 0 Å². The summed E-state index contributed by atoms with van der Waals surface area (Å²) in [6.07, 6.45) is 4.52. The number of rotatable bonds is 4. The summed E-state index contributed by atoms with van der Waals surface area (Å²) in [6, 6.07) is 14.1. The topological polar surface area (TPSA) is 105 Å². The van der Waals surface area contributed by atoms with E-state index >= 15 is 0 Å². The van der Waals surface area contributed by atoms with Crippen molar-refractivity contribution in [2.75, 3.05) is 0 Å². The van der Waals surface area contributed by atoms with Gasteiger partial charge in [-0.2, -0.15) is 10.4 Å². The van der Waals surface area contributed by atoms with E-state index in [1.807, 2.05) is 25.1 Å². The molecule has 0 aliphatic carbocycles. The van der Waals surface area contributed by atoms with Crippen molar-refractivity contribution in [2.45, 2.75) is 13.3 Å². The minimum Gasteiger partial charge on any atom is -0.505 e. The van der Waals surface area contributed by atoms with Crippen LogP contribution in [0.2, 0.25) is 5.02 Å². The number of aromatic nitrogens is 4. The lowest BCUT2D eigenvalue weighted by Crippen LogP contribution is -2.16. The maximum Gasteiger partial charge on any atom is 0.203 e. The van der Waals surface area contributed by atoms with Gasteiger partial charge in [-0.25, -0.2) is 14.6 Å². The lowest BCUT2D eigenvalue weighted by molar-refractivity contribution is 0.470. The van der Waals surface area contributed by atoms with Gasteiger partial charge in [0.1, 0.15) is 5.69 Å². The third-order valence-electron chi connectivity index (χ3n) is 4.76. The van der Waals surface area contributed by atoms with Crippen molar-refractivity contribution in [3.05, 3.63) is 98.7 Å². The van der Waals surface area contributed by atoms with Gasteiger partial charge in [0.2, 0.25) is 5.43 Å². The second kappa shape index (κ2) is 8.38.